The highest BCUT2D eigenvalue weighted by Gasteiger charge is 2.24. The summed E-state index contributed by atoms with van der Waals surface area (Å²) in [6.07, 6.45) is 0. The molecule has 2 rings (SSSR count). The fourth-order valence-corrected chi connectivity index (χ4v) is 2.99. The van der Waals surface area contributed by atoms with Gasteiger partial charge in [-0.3, -0.25) is 9.59 Å². The molecule has 1 aromatic rings. The molecule has 1 aromatic heterocycles. The van der Waals surface area contributed by atoms with Crippen molar-refractivity contribution in [1.29, 1.82) is 0 Å². The van der Waals surface area contributed by atoms with E-state index in [2.05, 4.69) is 15.9 Å². The van der Waals surface area contributed by atoms with Crippen LogP contribution in [0.1, 0.15) is 10.4 Å². The molecule has 1 aliphatic heterocycles. The van der Waals surface area contributed by atoms with Crippen molar-refractivity contribution in [3.05, 3.63) is 20.8 Å². The van der Waals surface area contributed by atoms with Crippen LogP contribution in [0.3, 0.4) is 0 Å². The lowest BCUT2D eigenvalue weighted by molar-refractivity contribution is -0.135. The molecule has 1 saturated heterocycles. The Hall–Kier alpha value is -0.920. The van der Waals surface area contributed by atoms with Gasteiger partial charge in [0.25, 0.3) is 5.91 Å². The standard InChI is InChI=1S/C11H13BrN2O3S/c12-9-5-8(7-18-9)11(17)14-3-1-13(2-4-14)10(16)6-15/h5,7,15H,1-4,6H2. The Morgan fingerprint density at radius 3 is 2.39 bits per heavy atom. The maximum absolute atomic E-state index is 12.1. The predicted octanol–water partition coefficient (Wildman–Crippen LogP) is 0.787. The summed E-state index contributed by atoms with van der Waals surface area (Å²) in [5.74, 6) is -0.284. The first-order chi connectivity index (χ1) is 8.61. The van der Waals surface area contributed by atoms with Gasteiger partial charge in [0.1, 0.15) is 6.61 Å². The predicted molar refractivity (Wildman–Crippen MR) is 71.6 cm³/mol. The topological polar surface area (TPSA) is 60.9 Å². The summed E-state index contributed by atoms with van der Waals surface area (Å²) in [5.41, 5.74) is 0.675. The van der Waals surface area contributed by atoms with E-state index in [4.69, 9.17) is 5.11 Å². The lowest BCUT2D eigenvalue weighted by Crippen LogP contribution is -2.51. The van der Waals surface area contributed by atoms with Gasteiger partial charge in [0.2, 0.25) is 5.91 Å². The average Bonchev–Trinajstić information content (AvgIpc) is 2.84. The zero-order valence-corrected chi connectivity index (χ0v) is 12.0. The summed E-state index contributed by atoms with van der Waals surface area (Å²) >= 11 is 4.81. The Bertz CT molecular complexity index is 455. The molecule has 0 saturated carbocycles. The molecule has 2 amide bonds. The third-order valence-electron chi connectivity index (χ3n) is 2.87. The van der Waals surface area contributed by atoms with Crippen molar-refractivity contribution in [2.45, 2.75) is 0 Å². The minimum Gasteiger partial charge on any atom is -0.387 e. The van der Waals surface area contributed by atoms with Gasteiger partial charge in [-0.25, -0.2) is 0 Å². The van der Waals surface area contributed by atoms with Crippen LogP contribution in [-0.2, 0) is 4.79 Å². The number of thiophene rings is 1. The monoisotopic (exact) mass is 332 g/mol. The molecule has 1 aliphatic rings. The Morgan fingerprint density at radius 2 is 1.89 bits per heavy atom. The number of carbonyl (C=O) groups is 2. The van der Waals surface area contributed by atoms with Crippen LogP contribution < -0.4 is 0 Å². The number of piperazine rings is 1. The summed E-state index contributed by atoms with van der Waals surface area (Å²) in [7, 11) is 0. The first kappa shape index (κ1) is 13.5. The van der Waals surface area contributed by atoms with Gasteiger partial charge in [0.15, 0.2) is 0 Å². The number of aliphatic hydroxyl groups excluding tert-OH is 1. The van der Waals surface area contributed by atoms with Crippen molar-refractivity contribution in [3.8, 4) is 0 Å². The SMILES string of the molecule is O=C(CO)N1CCN(C(=O)c2csc(Br)c2)CC1. The van der Waals surface area contributed by atoms with Crippen LogP contribution in [0.2, 0.25) is 0 Å². The Kier molecular flexibility index (Phi) is 4.36. The Labute approximate surface area is 117 Å². The van der Waals surface area contributed by atoms with Gasteiger partial charge in [0.05, 0.1) is 9.35 Å². The number of aliphatic hydroxyl groups is 1. The molecule has 0 aliphatic carbocycles. The Morgan fingerprint density at radius 1 is 1.28 bits per heavy atom. The van der Waals surface area contributed by atoms with Crippen LogP contribution in [0.25, 0.3) is 0 Å². The molecule has 1 N–H and O–H groups in total. The molecule has 7 heteroatoms. The molecule has 0 aromatic carbocycles. The second kappa shape index (κ2) is 5.81. The van der Waals surface area contributed by atoms with Crippen molar-refractivity contribution in [2.75, 3.05) is 32.8 Å². The second-order valence-electron chi connectivity index (χ2n) is 3.97. The number of hydrogen-bond donors (Lipinski definition) is 1. The lowest BCUT2D eigenvalue weighted by Gasteiger charge is -2.34. The van der Waals surface area contributed by atoms with E-state index in [9.17, 15) is 9.59 Å². The molecule has 2 heterocycles. The van der Waals surface area contributed by atoms with E-state index in [0.717, 1.165) is 3.79 Å². The van der Waals surface area contributed by atoms with Crippen LogP contribution in [0.15, 0.2) is 15.2 Å². The number of amides is 2. The summed E-state index contributed by atoms with van der Waals surface area (Å²) in [6, 6.07) is 1.80. The smallest absolute Gasteiger partial charge is 0.254 e. The van der Waals surface area contributed by atoms with Gasteiger partial charge in [-0.2, -0.15) is 0 Å². The molecular weight excluding hydrogens is 320 g/mol. The van der Waals surface area contributed by atoms with Crippen LogP contribution in [0.4, 0.5) is 0 Å². The number of halogens is 1. The third-order valence-corrected chi connectivity index (χ3v) is 4.37. The number of nitrogens with zero attached hydrogens (tertiary/aromatic N) is 2. The summed E-state index contributed by atoms with van der Waals surface area (Å²) in [6.45, 7) is 1.52. The number of rotatable bonds is 2. The Balaban J connectivity index is 1.94. The van der Waals surface area contributed by atoms with Gasteiger partial charge in [-0.05, 0) is 22.0 Å². The summed E-state index contributed by atoms with van der Waals surface area (Å²) in [4.78, 5) is 26.7. The van der Waals surface area contributed by atoms with Gasteiger partial charge >= 0.3 is 0 Å². The first-order valence-electron chi connectivity index (χ1n) is 5.53. The maximum atomic E-state index is 12.1. The highest BCUT2D eigenvalue weighted by molar-refractivity contribution is 9.11. The zero-order valence-electron chi connectivity index (χ0n) is 9.63. The van der Waals surface area contributed by atoms with Crippen molar-refractivity contribution < 1.29 is 14.7 Å². The molecule has 98 valence electrons. The minimum atomic E-state index is -0.467. The molecule has 5 nitrogen and oxygen atoms in total. The minimum absolute atomic E-state index is 0.00644. The van der Waals surface area contributed by atoms with E-state index in [1.807, 2.05) is 5.38 Å². The lowest BCUT2D eigenvalue weighted by atomic mass is 10.2. The second-order valence-corrected chi connectivity index (χ2v) is 6.26. The molecule has 0 spiro atoms. The number of hydrogen-bond acceptors (Lipinski definition) is 4. The van der Waals surface area contributed by atoms with Crippen molar-refractivity contribution in [2.24, 2.45) is 0 Å². The molecule has 1 fully saturated rings. The summed E-state index contributed by atoms with van der Waals surface area (Å²) in [5, 5.41) is 10.6. The normalized spacial score (nSPS) is 15.9. The van der Waals surface area contributed by atoms with Gasteiger partial charge < -0.3 is 14.9 Å². The van der Waals surface area contributed by atoms with E-state index >= 15 is 0 Å². The van der Waals surface area contributed by atoms with Crippen molar-refractivity contribution >= 4 is 39.1 Å². The highest BCUT2D eigenvalue weighted by atomic mass is 79.9. The van der Waals surface area contributed by atoms with Crippen LogP contribution in [-0.4, -0.2) is 59.5 Å². The molecule has 0 bridgehead atoms. The van der Waals surface area contributed by atoms with Crippen LogP contribution in [0.5, 0.6) is 0 Å². The van der Waals surface area contributed by atoms with Gasteiger partial charge in [-0.15, -0.1) is 11.3 Å². The van der Waals surface area contributed by atoms with Crippen LogP contribution >= 0.6 is 27.3 Å². The third kappa shape index (κ3) is 2.90. The fraction of sp³-hybridized carbons (Fsp3) is 0.455. The zero-order chi connectivity index (χ0) is 13.1. The molecular formula is C11H13BrN2O3S. The van der Waals surface area contributed by atoms with E-state index in [1.54, 1.807) is 15.9 Å². The van der Waals surface area contributed by atoms with Gasteiger partial charge in [-0.1, -0.05) is 0 Å². The van der Waals surface area contributed by atoms with Crippen molar-refractivity contribution in [3.63, 3.8) is 0 Å². The summed E-state index contributed by atoms with van der Waals surface area (Å²) < 4.78 is 0.931. The fourth-order valence-electron chi connectivity index (χ4n) is 1.86. The quantitative estimate of drug-likeness (QED) is 0.870. The van der Waals surface area contributed by atoms with E-state index in [-0.39, 0.29) is 11.8 Å². The molecule has 0 radical (unpaired) electrons. The van der Waals surface area contributed by atoms with Crippen LogP contribution in [0, 0.1) is 0 Å². The van der Waals surface area contributed by atoms with E-state index in [1.165, 1.54) is 11.3 Å². The van der Waals surface area contributed by atoms with E-state index < -0.39 is 6.61 Å². The number of carbonyl (C=O) groups excluding carboxylic acids is 2. The first-order valence-corrected chi connectivity index (χ1v) is 7.21. The average molecular weight is 333 g/mol. The molecule has 0 atom stereocenters. The van der Waals surface area contributed by atoms with Gasteiger partial charge in [0, 0.05) is 31.6 Å². The van der Waals surface area contributed by atoms with E-state index in [0.29, 0.717) is 31.7 Å². The van der Waals surface area contributed by atoms with Crippen molar-refractivity contribution in [1.82, 2.24) is 9.80 Å². The maximum Gasteiger partial charge on any atom is 0.254 e. The largest absolute Gasteiger partial charge is 0.387 e. The molecule has 0 unspecified atom stereocenters. The molecule has 18 heavy (non-hydrogen) atoms. The highest BCUT2D eigenvalue weighted by Crippen LogP contribution is 2.22.